The van der Waals surface area contributed by atoms with E-state index in [1.165, 1.54) is 37.1 Å². The first-order valence-corrected chi connectivity index (χ1v) is 11.7. The molecule has 2 aliphatic rings. The summed E-state index contributed by atoms with van der Waals surface area (Å²) >= 11 is 5.95. The molecule has 0 atom stereocenters. The summed E-state index contributed by atoms with van der Waals surface area (Å²) < 4.78 is 0. The fourth-order valence-corrected chi connectivity index (χ4v) is 4.69. The summed E-state index contributed by atoms with van der Waals surface area (Å²) in [5.74, 6) is 0. The Morgan fingerprint density at radius 2 is 1.55 bits per heavy atom. The first kappa shape index (κ1) is 22.1. The van der Waals surface area contributed by atoms with Crippen LogP contribution in [0, 0.1) is 0 Å². The van der Waals surface area contributed by atoms with Crippen molar-refractivity contribution in [3.63, 3.8) is 0 Å². The van der Waals surface area contributed by atoms with Gasteiger partial charge >= 0.3 is 6.03 Å². The third-order valence-corrected chi connectivity index (χ3v) is 6.83. The molecule has 2 N–H and O–H groups in total. The third-order valence-electron chi connectivity index (χ3n) is 6.58. The van der Waals surface area contributed by atoms with E-state index in [9.17, 15) is 9.90 Å². The van der Waals surface area contributed by atoms with E-state index in [0.29, 0.717) is 37.5 Å². The van der Waals surface area contributed by atoms with E-state index < -0.39 is 5.60 Å². The number of benzene rings is 2. The van der Waals surface area contributed by atoms with Crippen LogP contribution in [-0.4, -0.2) is 53.7 Å². The number of halogens is 1. The van der Waals surface area contributed by atoms with Crippen LogP contribution in [0.1, 0.15) is 42.4 Å². The molecule has 6 heteroatoms. The molecule has 0 saturated carbocycles. The Bertz CT molecular complexity index is 855. The fraction of sp³-hybridized carbons (Fsp3) is 0.480. The van der Waals surface area contributed by atoms with E-state index in [1.807, 2.05) is 12.1 Å². The van der Waals surface area contributed by atoms with E-state index in [0.717, 1.165) is 18.5 Å². The van der Waals surface area contributed by atoms with Gasteiger partial charge in [-0.15, -0.1) is 0 Å². The van der Waals surface area contributed by atoms with Crippen LogP contribution in [0.2, 0.25) is 5.02 Å². The molecule has 2 fully saturated rings. The van der Waals surface area contributed by atoms with Crippen molar-refractivity contribution < 1.29 is 9.90 Å². The molecule has 2 aliphatic heterocycles. The summed E-state index contributed by atoms with van der Waals surface area (Å²) in [6.45, 7) is 5.14. The van der Waals surface area contributed by atoms with Crippen LogP contribution in [0.5, 0.6) is 0 Å². The van der Waals surface area contributed by atoms with Gasteiger partial charge in [0.25, 0.3) is 0 Å². The first-order chi connectivity index (χ1) is 15.0. The minimum Gasteiger partial charge on any atom is -0.385 e. The van der Waals surface area contributed by atoms with Crippen molar-refractivity contribution >= 4 is 17.6 Å². The molecule has 0 unspecified atom stereocenters. The molecule has 2 saturated heterocycles. The predicted octanol–water partition coefficient (Wildman–Crippen LogP) is 4.17. The average molecular weight is 442 g/mol. The fourth-order valence-electron chi connectivity index (χ4n) is 4.56. The lowest BCUT2D eigenvalue weighted by Gasteiger charge is -2.38. The summed E-state index contributed by atoms with van der Waals surface area (Å²) in [4.78, 5) is 16.8. The molecular weight excluding hydrogens is 410 g/mol. The molecule has 2 amide bonds. The number of carbonyl (C=O) groups is 1. The normalized spacial score (nSPS) is 18.8. The number of hydrogen-bond donors (Lipinski definition) is 2. The molecular formula is C25H32ClN3O2. The quantitative estimate of drug-likeness (QED) is 0.707. The van der Waals surface area contributed by atoms with Crippen LogP contribution < -0.4 is 5.32 Å². The van der Waals surface area contributed by atoms with Crippen molar-refractivity contribution in [1.29, 1.82) is 0 Å². The summed E-state index contributed by atoms with van der Waals surface area (Å²) in [7, 11) is 0. The first-order valence-electron chi connectivity index (χ1n) is 11.3. The maximum absolute atomic E-state index is 12.5. The van der Waals surface area contributed by atoms with Gasteiger partial charge in [-0.2, -0.15) is 0 Å². The number of amides is 2. The van der Waals surface area contributed by atoms with E-state index in [1.54, 1.807) is 17.0 Å². The van der Waals surface area contributed by atoms with Gasteiger partial charge in [-0.3, -0.25) is 4.90 Å². The second-order valence-corrected chi connectivity index (χ2v) is 9.24. The van der Waals surface area contributed by atoms with E-state index in [-0.39, 0.29) is 6.03 Å². The summed E-state index contributed by atoms with van der Waals surface area (Å²) in [5, 5.41) is 14.7. The van der Waals surface area contributed by atoms with E-state index in [4.69, 9.17) is 11.6 Å². The average Bonchev–Trinajstić information content (AvgIpc) is 3.29. The molecule has 31 heavy (non-hydrogen) atoms. The standard InChI is InChI=1S/C25H32ClN3O2/c26-23-9-7-22(8-10-23)25(31)12-17-29(18-13-25)24(30)27-14-11-20-3-5-21(6-4-20)19-28-15-1-2-16-28/h3-10,31H,1-2,11-19H2,(H,27,30). The summed E-state index contributed by atoms with van der Waals surface area (Å²) in [6.07, 6.45) is 4.50. The maximum Gasteiger partial charge on any atom is 0.317 e. The van der Waals surface area contributed by atoms with Gasteiger partial charge < -0.3 is 15.3 Å². The molecule has 0 bridgehead atoms. The highest BCUT2D eigenvalue weighted by Crippen LogP contribution is 2.33. The van der Waals surface area contributed by atoms with Crippen molar-refractivity contribution in [3.05, 3.63) is 70.2 Å². The number of rotatable bonds is 6. The van der Waals surface area contributed by atoms with Gasteiger partial charge in [-0.05, 0) is 74.0 Å². The number of likely N-dealkylation sites (tertiary alicyclic amines) is 2. The Hall–Kier alpha value is -2.08. The minimum atomic E-state index is -0.891. The predicted molar refractivity (Wildman–Crippen MR) is 124 cm³/mol. The highest BCUT2D eigenvalue weighted by atomic mass is 35.5. The van der Waals surface area contributed by atoms with Crippen LogP contribution in [0.15, 0.2) is 48.5 Å². The zero-order chi connectivity index (χ0) is 21.7. The van der Waals surface area contributed by atoms with Crippen molar-refractivity contribution in [1.82, 2.24) is 15.1 Å². The third kappa shape index (κ3) is 5.79. The minimum absolute atomic E-state index is 0.0520. The molecule has 166 valence electrons. The molecule has 0 aliphatic carbocycles. The van der Waals surface area contributed by atoms with E-state index >= 15 is 0 Å². The Labute approximate surface area is 190 Å². The second kappa shape index (κ2) is 10.0. The van der Waals surface area contributed by atoms with Gasteiger partial charge in [0.15, 0.2) is 0 Å². The lowest BCUT2D eigenvalue weighted by molar-refractivity contribution is -0.0167. The molecule has 2 aromatic rings. The number of nitrogens with one attached hydrogen (secondary N) is 1. The Morgan fingerprint density at radius 3 is 2.19 bits per heavy atom. The van der Waals surface area contributed by atoms with Gasteiger partial charge in [0.2, 0.25) is 0 Å². The highest BCUT2D eigenvalue weighted by molar-refractivity contribution is 6.30. The summed E-state index contributed by atoms with van der Waals surface area (Å²) in [5.41, 5.74) is 2.57. The Kier molecular flexibility index (Phi) is 7.16. The largest absolute Gasteiger partial charge is 0.385 e. The van der Waals surface area contributed by atoms with Crippen LogP contribution in [0.3, 0.4) is 0 Å². The van der Waals surface area contributed by atoms with Crippen LogP contribution in [0.4, 0.5) is 4.79 Å². The summed E-state index contributed by atoms with van der Waals surface area (Å²) in [6, 6.07) is 16.0. The number of piperidine rings is 1. The number of aliphatic hydroxyl groups is 1. The van der Waals surface area contributed by atoms with Crippen molar-refractivity contribution in [3.8, 4) is 0 Å². The number of nitrogens with zero attached hydrogens (tertiary/aromatic N) is 2. The lowest BCUT2D eigenvalue weighted by atomic mass is 9.84. The zero-order valence-corrected chi connectivity index (χ0v) is 18.8. The Balaban J connectivity index is 1.19. The topological polar surface area (TPSA) is 55.8 Å². The van der Waals surface area contributed by atoms with Gasteiger partial charge in [-0.25, -0.2) is 4.79 Å². The molecule has 0 radical (unpaired) electrons. The molecule has 2 aromatic carbocycles. The molecule has 4 rings (SSSR count). The maximum atomic E-state index is 12.5. The number of hydrogen-bond acceptors (Lipinski definition) is 3. The van der Waals surface area contributed by atoms with Gasteiger partial charge in [-0.1, -0.05) is 48.0 Å². The molecule has 0 spiro atoms. The van der Waals surface area contributed by atoms with Gasteiger partial charge in [0.05, 0.1) is 5.60 Å². The molecule has 5 nitrogen and oxygen atoms in total. The Morgan fingerprint density at radius 1 is 0.935 bits per heavy atom. The van der Waals surface area contributed by atoms with Crippen LogP contribution in [-0.2, 0) is 18.6 Å². The van der Waals surface area contributed by atoms with Crippen molar-refractivity contribution in [2.24, 2.45) is 0 Å². The van der Waals surface area contributed by atoms with Gasteiger partial charge in [0, 0.05) is 31.2 Å². The lowest BCUT2D eigenvalue weighted by Crippen LogP contribution is -2.49. The van der Waals surface area contributed by atoms with Crippen molar-refractivity contribution in [2.75, 3.05) is 32.7 Å². The van der Waals surface area contributed by atoms with E-state index in [2.05, 4.69) is 34.5 Å². The number of urea groups is 1. The number of carbonyl (C=O) groups excluding carboxylic acids is 1. The highest BCUT2D eigenvalue weighted by Gasteiger charge is 2.35. The van der Waals surface area contributed by atoms with Crippen LogP contribution in [0.25, 0.3) is 0 Å². The second-order valence-electron chi connectivity index (χ2n) is 8.81. The SMILES string of the molecule is O=C(NCCc1ccc(CN2CCCC2)cc1)N1CCC(O)(c2ccc(Cl)cc2)CC1. The molecule has 0 aromatic heterocycles. The monoisotopic (exact) mass is 441 g/mol. The van der Waals surface area contributed by atoms with Crippen molar-refractivity contribution in [2.45, 2.75) is 44.2 Å². The zero-order valence-electron chi connectivity index (χ0n) is 18.0. The molecule has 2 heterocycles. The van der Waals surface area contributed by atoms with Gasteiger partial charge in [0.1, 0.15) is 0 Å². The smallest absolute Gasteiger partial charge is 0.317 e. The van der Waals surface area contributed by atoms with Crippen LogP contribution >= 0.6 is 11.6 Å².